The fraction of sp³-hybridized carbons (Fsp3) is 0.417. The van der Waals surface area contributed by atoms with E-state index < -0.39 is 0 Å². The summed E-state index contributed by atoms with van der Waals surface area (Å²) in [4.78, 5) is 11.4. The first-order valence-electron chi connectivity index (χ1n) is 5.23. The first kappa shape index (κ1) is 13.0. The zero-order valence-corrected chi connectivity index (χ0v) is 11.1. The molecule has 1 aromatic rings. The lowest BCUT2D eigenvalue weighted by atomic mass is 10.2. The summed E-state index contributed by atoms with van der Waals surface area (Å²) in [5.74, 6) is 0.820. The predicted octanol–water partition coefficient (Wildman–Crippen LogP) is 3.05. The Labute approximate surface area is 104 Å². The molecule has 0 aliphatic rings. The van der Waals surface area contributed by atoms with Gasteiger partial charge in [0.15, 0.2) is 0 Å². The lowest BCUT2D eigenvalue weighted by Gasteiger charge is -2.08. The second-order valence-electron chi connectivity index (χ2n) is 3.71. The molecule has 0 bridgehead atoms. The molecule has 0 saturated heterocycles. The highest BCUT2D eigenvalue weighted by molar-refractivity contribution is 9.09. The molecule has 4 heteroatoms. The van der Waals surface area contributed by atoms with E-state index >= 15 is 0 Å². The second-order valence-corrected chi connectivity index (χ2v) is 4.50. The van der Waals surface area contributed by atoms with Crippen molar-refractivity contribution < 1.29 is 9.53 Å². The van der Waals surface area contributed by atoms with Gasteiger partial charge in [-0.3, -0.25) is 4.79 Å². The molecule has 0 spiro atoms. The Hall–Kier alpha value is -1.03. The molecule has 0 unspecified atom stereocenters. The fourth-order valence-electron chi connectivity index (χ4n) is 1.08. The minimum atomic E-state index is -0.00989. The Kier molecular flexibility index (Phi) is 5.32. The third kappa shape index (κ3) is 4.23. The number of anilines is 1. The van der Waals surface area contributed by atoms with Crippen LogP contribution in [0.25, 0.3) is 0 Å². The average molecular weight is 286 g/mol. The zero-order chi connectivity index (χ0) is 12.0. The predicted molar refractivity (Wildman–Crippen MR) is 69.2 cm³/mol. The number of benzene rings is 1. The molecule has 0 radical (unpaired) electrons. The molecule has 16 heavy (non-hydrogen) atoms. The van der Waals surface area contributed by atoms with Crippen LogP contribution in [0.15, 0.2) is 24.3 Å². The van der Waals surface area contributed by atoms with Crippen molar-refractivity contribution in [3.05, 3.63) is 24.3 Å². The van der Waals surface area contributed by atoms with Crippen LogP contribution in [-0.2, 0) is 4.79 Å². The maximum absolute atomic E-state index is 11.4. The van der Waals surface area contributed by atoms with Crippen molar-refractivity contribution in [3.8, 4) is 5.75 Å². The maximum Gasteiger partial charge on any atom is 0.226 e. The molecule has 0 fully saturated rings. The minimum Gasteiger partial charge on any atom is -0.493 e. The quantitative estimate of drug-likeness (QED) is 0.845. The smallest absolute Gasteiger partial charge is 0.226 e. The number of amides is 1. The van der Waals surface area contributed by atoms with Gasteiger partial charge in [-0.15, -0.1) is 0 Å². The molecule has 0 aliphatic carbocycles. The summed E-state index contributed by atoms with van der Waals surface area (Å²) in [5, 5.41) is 3.63. The van der Waals surface area contributed by atoms with E-state index in [1.807, 2.05) is 38.1 Å². The topological polar surface area (TPSA) is 38.3 Å². The highest BCUT2D eigenvalue weighted by Gasteiger charge is 2.06. The van der Waals surface area contributed by atoms with E-state index in [-0.39, 0.29) is 11.8 Å². The molecule has 1 amide bonds. The third-order valence-corrected chi connectivity index (χ3v) is 2.32. The van der Waals surface area contributed by atoms with Gasteiger partial charge in [-0.1, -0.05) is 29.8 Å². The summed E-state index contributed by atoms with van der Waals surface area (Å²) in [5.41, 5.74) is 0.796. The van der Waals surface area contributed by atoms with E-state index in [1.165, 1.54) is 0 Å². The molecule has 0 saturated carbocycles. The molecule has 0 atom stereocenters. The van der Waals surface area contributed by atoms with Crippen LogP contribution in [0, 0.1) is 5.92 Å². The summed E-state index contributed by atoms with van der Waals surface area (Å²) < 4.78 is 5.40. The Morgan fingerprint density at radius 2 is 2.00 bits per heavy atom. The van der Waals surface area contributed by atoms with Gasteiger partial charge in [0.1, 0.15) is 5.75 Å². The molecule has 1 aromatic carbocycles. The number of rotatable bonds is 5. The highest BCUT2D eigenvalue weighted by Crippen LogP contribution is 2.16. The van der Waals surface area contributed by atoms with Crippen LogP contribution in [0.4, 0.5) is 5.69 Å². The standard InChI is InChI=1S/C12H16BrNO2/c1-9(2)12(15)14-10-3-5-11(6-4-10)16-8-7-13/h3-6,9H,7-8H2,1-2H3,(H,14,15). The van der Waals surface area contributed by atoms with Crippen molar-refractivity contribution in [2.45, 2.75) is 13.8 Å². The fourth-order valence-corrected chi connectivity index (χ4v) is 1.24. The number of ether oxygens (including phenoxy) is 1. The van der Waals surface area contributed by atoms with Crippen LogP contribution in [-0.4, -0.2) is 17.8 Å². The Balaban J connectivity index is 2.54. The summed E-state index contributed by atoms with van der Waals surface area (Å²) >= 11 is 3.29. The first-order chi connectivity index (χ1) is 7.63. The molecule has 88 valence electrons. The Bertz CT molecular complexity index is 335. The van der Waals surface area contributed by atoms with Crippen molar-refractivity contribution in [2.75, 3.05) is 17.3 Å². The molecular formula is C12H16BrNO2. The van der Waals surface area contributed by atoms with Crippen molar-refractivity contribution >= 4 is 27.5 Å². The number of alkyl halides is 1. The lowest BCUT2D eigenvalue weighted by Crippen LogP contribution is -2.17. The van der Waals surface area contributed by atoms with E-state index in [1.54, 1.807) is 0 Å². The van der Waals surface area contributed by atoms with Crippen molar-refractivity contribution in [1.82, 2.24) is 0 Å². The number of hydrogen-bond acceptors (Lipinski definition) is 2. The maximum atomic E-state index is 11.4. The van der Waals surface area contributed by atoms with E-state index in [0.29, 0.717) is 6.61 Å². The molecule has 0 heterocycles. The molecule has 1 rings (SSSR count). The van der Waals surface area contributed by atoms with Crippen LogP contribution in [0.3, 0.4) is 0 Å². The second kappa shape index (κ2) is 6.53. The number of hydrogen-bond donors (Lipinski definition) is 1. The number of halogens is 1. The molecule has 3 nitrogen and oxygen atoms in total. The Morgan fingerprint density at radius 1 is 1.38 bits per heavy atom. The van der Waals surface area contributed by atoms with Gasteiger partial charge in [-0.2, -0.15) is 0 Å². The molecular weight excluding hydrogens is 270 g/mol. The van der Waals surface area contributed by atoms with E-state index in [2.05, 4.69) is 21.2 Å². The summed E-state index contributed by atoms with van der Waals surface area (Å²) in [7, 11) is 0. The summed E-state index contributed by atoms with van der Waals surface area (Å²) in [6.45, 7) is 4.36. The molecule has 0 aliphatic heterocycles. The monoisotopic (exact) mass is 285 g/mol. The molecule has 1 N–H and O–H groups in total. The number of carbonyl (C=O) groups excluding carboxylic acids is 1. The van der Waals surface area contributed by atoms with Crippen molar-refractivity contribution in [3.63, 3.8) is 0 Å². The van der Waals surface area contributed by atoms with Crippen LogP contribution >= 0.6 is 15.9 Å². The normalized spacial score (nSPS) is 10.2. The van der Waals surface area contributed by atoms with Crippen LogP contribution < -0.4 is 10.1 Å². The molecule has 0 aromatic heterocycles. The minimum absolute atomic E-state index is 0.00989. The summed E-state index contributed by atoms with van der Waals surface area (Å²) in [6.07, 6.45) is 0. The van der Waals surface area contributed by atoms with Gasteiger partial charge in [-0.25, -0.2) is 0 Å². The van der Waals surface area contributed by atoms with Crippen LogP contribution in [0.5, 0.6) is 5.75 Å². The van der Waals surface area contributed by atoms with Crippen molar-refractivity contribution in [1.29, 1.82) is 0 Å². The van der Waals surface area contributed by atoms with Gasteiger partial charge < -0.3 is 10.1 Å². The average Bonchev–Trinajstić information content (AvgIpc) is 2.28. The Morgan fingerprint density at radius 3 is 2.50 bits per heavy atom. The van der Waals surface area contributed by atoms with Gasteiger partial charge >= 0.3 is 0 Å². The van der Waals surface area contributed by atoms with Gasteiger partial charge in [0.05, 0.1) is 6.61 Å². The highest BCUT2D eigenvalue weighted by atomic mass is 79.9. The van der Waals surface area contributed by atoms with E-state index in [4.69, 9.17) is 4.74 Å². The number of carbonyl (C=O) groups is 1. The SMILES string of the molecule is CC(C)C(=O)Nc1ccc(OCCBr)cc1. The van der Waals surface area contributed by atoms with Gasteiger partial charge in [-0.05, 0) is 24.3 Å². The zero-order valence-electron chi connectivity index (χ0n) is 9.50. The van der Waals surface area contributed by atoms with E-state index in [0.717, 1.165) is 16.8 Å². The van der Waals surface area contributed by atoms with E-state index in [9.17, 15) is 4.79 Å². The van der Waals surface area contributed by atoms with Gasteiger partial charge in [0.25, 0.3) is 0 Å². The number of nitrogens with one attached hydrogen (secondary N) is 1. The van der Waals surface area contributed by atoms with Gasteiger partial charge in [0, 0.05) is 16.9 Å². The van der Waals surface area contributed by atoms with Gasteiger partial charge in [0.2, 0.25) is 5.91 Å². The van der Waals surface area contributed by atoms with Crippen LogP contribution in [0.1, 0.15) is 13.8 Å². The van der Waals surface area contributed by atoms with Crippen LogP contribution in [0.2, 0.25) is 0 Å². The third-order valence-electron chi connectivity index (χ3n) is 1.99. The van der Waals surface area contributed by atoms with Crippen molar-refractivity contribution in [2.24, 2.45) is 5.92 Å². The lowest BCUT2D eigenvalue weighted by molar-refractivity contribution is -0.118. The largest absolute Gasteiger partial charge is 0.493 e. The summed E-state index contributed by atoms with van der Waals surface area (Å²) in [6, 6.07) is 7.37. The first-order valence-corrected chi connectivity index (χ1v) is 6.35.